The van der Waals surface area contributed by atoms with Gasteiger partial charge in [-0.3, -0.25) is 9.48 Å². The SMILES string of the molecule is Cc1nn(C)c(Cl)c1/C=C/C(=O)OCC(=O)N(Cc1ccccc1)C(C)C. The summed E-state index contributed by atoms with van der Waals surface area (Å²) in [5.41, 5.74) is 2.37. The largest absolute Gasteiger partial charge is 0.452 e. The van der Waals surface area contributed by atoms with Crippen LogP contribution >= 0.6 is 11.6 Å². The smallest absolute Gasteiger partial charge is 0.331 e. The van der Waals surface area contributed by atoms with Crippen molar-refractivity contribution in [2.75, 3.05) is 6.61 Å². The minimum Gasteiger partial charge on any atom is -0.452 e. The fourth-order valence-electron chi connectivity index (χ4n) is 2.59. The number of halogens is 1. The third-order valence-electron chi connectivity index (χ3n) is 4.06. The van der Waals surface area contributed by atoms with E-state index in [1.807, 2.05) is 44.2 Å². The van der Waals surface area contributed by atoms with Gasteiger partial charge in [0.05, 0.1) is 5.69 Å². The molecule has 0 fully saturated rings. The van der Waals surface area contributed by atoms with Gasteiger partial charge in [-0.05, 0) is 32.4 Å². The molecule has 2 aromatic rings. The maximum absolute atomic E-state index is 12.5. The van der Waals surface area contributed by atoms with E-state index in [0.29, 0.717) is 23.0 Å². The van der Waals surface area contributed by atoms with Gasteiger partial charge in [-0.15, -0.1) is 0 Å². The zero-order valence-electron chi connectivity index (χ0n) is 16.0. The summed E-state index contributed by atoms with van der Waals surface area (Å²) >= 11 is 6.11. The lowest BCUT2D eigenvalue weighted by Crippen LogP contribution is -2.39. The number of carbonyl (C=O) groups is 2. The molecule has 1 amide bonds. The van der Waals surface area contributed by atoms with E-state index in [2.05, 4.69) is 5.10 Å². The standard InChI is InChI=1S/C20H24ClN3O3/c1-14(2)24(12-16-8-6-5-7-9-16)18(25)13-27-19(26)11-10-17-15(3)22-23(4)20(17)21/h5-11,14H,12-13H2,1-4H3/b11-10+. The van der Waals surface area contributed by atoms with Crippen LogP contribution in [0.5, 0.6) is 0 Å². The monoisotopic (exact) mass is 389 g/mol. The van der Waals surface area contributed by atoms with E-state index in [1.54, 1.807) is 24.9 Å². The second-order valence-corrected chi connectivity index (χ2v) is 6.81. The molecule has 6 nitrogen and oxygen atoms in total. The zero-order valence-corrected chi connectivity index (χ0v) is 16.7. The van der Waals surface area contributed by atoms with Crippen LogP contribution in [0.1, 0.15) is 30.7 Å². The molecule has 0 saturated carbocycles. The van der Waals surface area contributed by atoms with Crippen molar-refractivity contribution in [3.05, 3.63) is 58.4 Å². The van der Waals surface area contributed by atoms with Gasteiger partial charge < -0.3 is 9.64 Å². The maximum atomic E-state index is 12.5. The van der Waals surface area contributed by atoms with E-state index >= 15 is 0 Å². The number of rotatable bonds is 7. The van der Waals surface area contributed by atoms with Crippen molar-refractivity contribution in [1.82, 2.24) is 14.7 Å². The van der Waals surface area contributed by atoms with Crippen molar-refractivity contribution < 1.29 is 14.3 Å². The Bertz CT molecular complexity index is 828. The van der Waals surface area contributed by atoms with E-state index < -0.39 is 5.97 Å². The predicted octanol–water partition coefficient (Wildman–Crippen LogP) is 3.38. The summed E-state index contributed by atoms with van der Waals surface area (Å²) in [5.74, 6) is -0.850. The summed E-state index contributed by atoms with van der Waals surface area (Å²) < 4.78 is 6.62. The van der Waals surface area contributed by atoms with Crippen LogP contribution in [0.25, 0.3) is 6.08 Å². The lowest BCUT2D eigenvalue weighted by molar-refractivity contribution is -0.149. The van der Waals surface area contributed by atoms with Crippen molar-refractivity contribution in [2.24, 2.45) is 7.05 Å². The van der Waals surface area contributed by atoms with E-state index in [9.17, 15) is 9.59 Å². The number of aromatic nitrogens is 2. The fraction of sp³-hybridized carbons (Fsp3) is 0.350. The predicted molar refractivity (Wildman–Crippen MR) is 105 cm³/mol. The molecule has 144 valence electrons. The molecule has 0 atom stereocenters. The van der Waals surface area contributed by atoms with Gasteiger partial charge in [-0.1, -0.05) is 41.9 Å². The van der Waals surface area contributed by atoms with Crippen LogP contribution in [0.4, 0.5) is 0 Å². The molecule has 1 heterocycles. The van der Waals surface area contributed by atoms with Gasteiger partial charge in [0, 0.05) is 31.3 Å². The first-order valence-electron chi connectivity index (χ1n) is 8.67. The molecule has 1 aromatic carbocycles. The van der Waals surface area contributed by atoms with E-state index in [-0.39, 0.29) is 18.6 Å². The third kappa shape index (κ3) is 5.69. The fourth-order valence-corrected chi connectivity index (χ4v) is 2.83. The zero-order chi connectivity index (χ0) is 20.0. The van der Waals surface area contributed by atoms with Gasteiger partial charge in [0.15, 0.2) is 6.61 Å². The summed E-state index contributed by atoms with van der Waals surface area (Å²) in [4.78, 5) is 26.1. The number of esters is 1. The summed E-state index contributed by atoms with van der Waals surface area (Å²) in [6.45, 7) is 5.80. The molecule has 0 aliphatic rings. The maximum Gasteiger partial charge on any atom is 0.331 e. The van der Waals surface area contributed by atoms with Crippen LogP contribution in [-0.2, 0) is 27.9 Å². The molecular formula is C20H24ClN3O3. The molecule has 0 saturated heterocycles. The van der Waals surface area contributed by atoms with Gasteiger partial charge in [-0.2, -0.15) is 5.10 Å². The van der Waals surface area contributed by atoms with Gasteiger partial charge >= 0.3 is 5.97 Å². The first-order valence-corrected chi connectivity index (χ1v) is 9.04. The van der Waals surface area contributed by atoms with E-state index in [4.69, 9.17) is 16.3 Å². The normalized spacial score (nSPS) is 11.2. The number of carbonyl (C=O) groups excluding carboxylic acids is 2. The minimum absolute atomic E-state index is 0.0104. The summed E-state index contributed by atoms with van der Waals surface area (Å²) in [5, 5.41) is 4.60. The van der Waals surface area contributed by atoms with Crippen molar-refractivity contribution in [3.63, 3.8) is 0 Å². The highest BCUT2D eigenvalue weighted by atomic mass is 35.5. The number of nitrogens with zero attached hydrogens (tertiary/aromatic N) is 3. The number of amides is 1. The van der Waals surface area contributed by atoms with Gasteiger partial charge in [0.1, 0.15) is 5.15 Å². The van der Waals surface area contributed by atoms with Crippen molar-refractivity contribution in [1.29, 1.82) is 0 Å². The quantitative estimate of drug-likeness (QED) is 0.538. The third-order valence-corrected chi connectivity index (χ3v) is 4.51. The number of hydrogen-bond donors (Lipinski definition) is 0. The average Bonchev–Trinajstić information content (AvgIpc) is 2.88. The molecule has 0 aliphatic heterocycles. The molecule has 0 radical (unpaired) electrons. The highest BCUT2D eigenvalue weighted by Gasteiger charge is 2.18. The highest BCUT2D eigenvalue weighted by molar-refractivity contribution is 6.31. The van der Waals surface area contributed by atoms with E-state index in [0.717, 1.165) is 5.56 Å². The Hall–Kier alpha value is -2.60. The Morgan fingerprint density at radius 2 is 1.96 bits per heavy atom. The molecular weight excluding hydrogens is 366 g/mol. The minimum atomic E-state index is -0.605. The Labute approximate surface area is 164 Å². The van der Waals surface area contributed by atoms with E-state index in [1.165, 1.54) is 10.8 Å². The molecule has 7 heteroatoms. The number of hydrogen-bond acceptors (Lipinski definition) is 4. The summed E-state index contributed by atoms with van der Waals surface area (Å²) in [6.07, 6.45) is 2.79. The number of ether oxygens (including phenoxy) is 1. The molecule has 27 heavy (non-hydrogen) atoms. The Morgan fingerprint density at radius 1 is 1.30 bits per heavy atom. The van der Waals surface area contributed by atoms with Crippen LogP contribution < -0.4 is 0 Å². The van der Waals surface area contributed by atoms with Gasteiger partial charge in [0.2, 0.25) is 0 Å². The number of aryl methyl sites for hydroxylation is 2. The topological polar surface area (TPSA) is 64.4 Å². The van der Waals surface area contributed by atoms with Gasteiger partial charge in [0.25, 0.3) is 5.91 Å². The Kier molecular flexibility index (Phi) is 7.19. The van der Waals surface area contributed by atoms with Crippen LogP contribution in [-0.4, -0.2) is 39.2 Å². The van der Waals surface area contributed by atoms with Crippen molar-refractivity contribution >= 4 is 29.6 Å². The average molecular weight is 390 g/mol. The first kappa shape index (κ1) is 20.7. The molecule has 0 bridgehead atoms. The van der Waals surface area contributed by atoms with Gasteiger partial charge in [-0.25, -0.2) is 4.79 Å². The Balaban J connectivity index is 1.94. The molecule has 0 N–H and O–H groups in total. The van der Waals surface area contributed by atoms with Crippen LogP contribution in [0.3, 0.4) is 0 Å². The van der Waals surface area contributed by atoms with Crippen LogP contribution in [0.15, 0.2) is 36.4 Å². The lowest BCUT2D eigenvalue weighted by Gasteiger charge is -2.26. The first-order chi connectivity index (χ1) is 12.8. The molecule has 2 rings (SSSR count). The van der Waals surface area contributed by atoms with Crippen LogP contribution in [0.2, 0.25) is 5.15 Å². The second kappa shape index (κ2) is 9.37. The molecule has 1 aromatic heterocycles. The Morgan fingerprint density at radius 3 is 2.52 bits per heavy atom. The molecule has 0 unspecified atom stereocenters. The number of benzene rings is 1. The molecule has 0 spiro atoms. The molecule has 0 aliphatic carbocycles. The summed E-state index contributed by atoms with van der Waals surface area (Å²) in [7, 11) is 1.72. The van der Waals surface area contributed by atoms with Crippen molar-refractivity contribution in [2.45, 2.75) is 33.4 Å². The second-order valence-electron chi connectivity index (χ2n) is 6.46. The highest BCUT2D eigenvalue weighted by Crippen LogP contribution is 2.20. The summed E-state index contributed by atoms with van der Waals surface area (Å²) in [6, 6.07) is 9.68. The lowest BCUT2D eigenvalue weighted by atomic mass is 10.2. The van der Waals surface area contributed by atoms with Crippen LogP contribution in [0, 0.1) is 6.92 Å². The van der Waals surface area contributed by atoms with Crippen molar-refractivity contribution in [3.8, 4) is 0 Å².